The summed E-state index contributed by atoms with van der Waals surface area (Å²) in [6.45, 7) is 1.19. The number of ether oxygens (including phenoxy) is 1. The van der Waals surface area contributed by atoms with Crippen LogP contribution in [0.15, 0.2) is 24.3 Å². The second kappa shape index (κ2) is 6.52. The maximum atomic E-state index is 12.1. The topological polar surface area (TPSA) is 58.6 Å². The number of hydrogen-bond donors (Lipinski definition) is 1. The fourth-order valence-corrected chi connectivity index (χ4v) is 2.28. The van der Waals surface area contributed by atoms with Gasteiger partial charge in [0, 0.05) is 32.8 Å². The van der Waals surface area contributed by atoms with Crippen LogP contribution in [-0.4, -0.2) is 43.5 Å². The minimum atomic E-state index is -0.287. The van der Waals surface area contributed by atoms with Crippen LogP contribution in [0.3, 0.4) is 0 Å². The number of benzene rings is 1. The molecule has 1 fully saturated rings. The molecule has 1 N–H and O–H groups in total. The maximum Gasteiger partial charge on any atom is 0.251 e. The van der Waals surface area contributed by atoms with Crippen molar-refractivity contribution >= 4 is 11.8 Å². The zero-order chi connectivity index (χ0) is 14.5. The second-order valence-corrected chi connectivity index (χ2v) is 4.97. The van der Waals surface area contributed by atoms with Gasteiger partial charge < -0.3 is 15.0 Å². The van der Waals surface area contributed by atoms with Crippen molar-refractivity contribution in [2.24, 2.45) is 0 Å². The number of nitrogens with one attached hydrogen (secondary N) is 1. The van der Waals surface area contributed by atoms with Crippen molar-refractivity contribution in [3.05, 3.63) is 35.4 Å². The highest BCUT2D eigenvalue weighted by molar-refractivity contribution is 5.93. The molecule has 5 heteroatoms. The number of carbonyl (C=O) groups is 2. The van der Waals surface area contributed by atoms with Crippen LogP contribution in [0.2, 0.25) is 0 Å². The number of nitrogens with zero attached hydrogens (tertiary/aromatic N) is 1. The van der Waals surface area contributed by atoms with Gasteiger partial charge in [-0.3, -0.25) is 9.59 Å². The first-order chi connectivity index (χ1) is 9.61. The third kappa shape index (κ3) is 3.36. The summed E-state index contributed by atoms with van der Waals surface area (Å²) in [6, 6.07) is 7.25. The highest BCUT2D eigenvalue weighted by atomic mass is 16.5. The average molecular weight is 276 g/mol. The summed E-state index contributed by atoms with van der Waals surface area (Å²) in [6.07, 6.45) is 1.47. The normalized spacial score (nSPS) is 17.8. The van der Waals surface area contributed by atoms with Gasteiger partial charge in [-0.25, -0.2) is 0 Å². The van der Waals surface area contributed by atoms with Crippen molar-refractivity contribution in [3.63, 3.8) is 0 Å². The highest BCUT2D eigenvalue weighted by Gasteiger charge is 2.26. The summed E-state index contributed by atoms with van der Waals surface area (Å²) < 4.78 is 5.39. The van der Waals surface area contributed by atoms with Gasteiger partial charge in [-0.15, -0.1) is 0 Å². The molecule has 0 aliphatic carbocycles. The molecule has 2 rings (SSSR count). The lowest BCUT2D eigenvalue weighted by molar-refractivity contribution is -0.140. The summed E-state index contributed by atoms with van der Waals surface area (Å²) >= 11 is 0. The number of carbonyl (C=O) groups excluding carboxylic acids is 2. The summed E-state index contributed by atoms with van der Waals surface area (Å²) in [4.78, 5) is 25.2. The van der Waals surface area contributed by atoms with Crippen molar-refractivity contribution in [2.45, 2.75) is 25.5 Å². The lowest BCUT2D eigenvalue weighted by Crippen LogP contribution is -2.35. The van der Waals surface area contributed by atoms with Crippen LogP contribution in [0.5, 0.6) is 0 Å². The van der Waals surface area contributed by atoms with Crippen LogP contribution in [0.1, 0.15) is 28.8 Å². The molecule has 2 amide bonds. The maximum absolute atomic E-state index is 12.1. The van der Waals surface area contributed by atoms with Gasteiger partial charge in [0.05, 0.1) is 0 Å². The van der Waals surface area contributed by atoms with Crippen LogP contribution in [0.4, 0.5) is 0 Å². The zero-order valence-corrected chi connectivity index (χ0v) is 11.9. The molecule has 0 unspecified atom stereocenters. The largest absolute Gasteiger partial charge is 0.368 e. The summed E-state index contributed by atoms with van der Waals surface area (Å²) in [5.41, 5.74) is 1.61. The minimum Gasteiger partial charge on any atom is -0.368 e. The predicted octanol–water partition coefficient (Wildman–Crippen LogP) is 1.18. The Morgan fingerprint density at radius 2 is 2.05 bits per heavy atom. The lowest BCUT2D eigenvalue weighted by atomic mass is 10.1. The van der Waals surface area contributed by atoms with Crippen LogP contribution in [0, 0.1) is 0 Å². The van der Waals surface area contributed by atoms with Gasteiger partial charge >= 0.3 is 0 Å². The Kier molecular flexibility index (Phi) is 4.74. The molecule has 0 spiro atoms. The van der Waals surface area contributed by atoms with Crippen molar-refractivity contribution in [2.75, 3.05) is 20.7 Å². The fraction of sp³-hybridized carbons (Fsp3) is 0.467. The molecule has 20 heavy (non-hydrogen) atoms. The van der Waals surface area contributed by atoms with Gasteiger partial charge in [0.2, 0.25) is 0 Å². The molecule has 0 radical (unpaired) electrons. The molecule has 1 heterocycles. The van der Waals surface area contributed by atoms with Crippen molar-refractivity contribution < 1.29 is 14.3 Å². The molecule has 1 saturated heterocycles. The summed E-state index contributed by atoms with van der Waals surface area (Å²) in [7, 11) is 3.38. The molecule has 0 aromatic heterocycles. The Morgan fingerprint density at radius 3 is 2.60 bits per heavy atom. The number of hydrogen-bond acceptors (Lipinski definition) is 3. The molecule has 1 aliphatic heterocycles. The van der Waals surface area contributed by atoms with E-state index in [1.807, 2.05) is 12.1 Å². The number of likely N-dealkylation sites (N-methyl/N-ethyl adjacent to an activating group) is 1. The van der Waals surface area contributed by atoms with E-state index < -0.39 is 0 Å². The summed E-state index contributed by atoms with van der Waals surface area (Å²) in [5.74, 6) is -0.0850. The number of amides is 2. The molecule has 108 valence electrons. The fourth-order valence-electron chi connectivity index (χ4n) is 2.28. The minimum absolute atomic E-state index is 0.0258. The van der Waals surface area contributed by atoms with Crippen LogP contribution >= 0.6 is 0 Å². The Labute approximate surface area is 118 Å². The van der Waals surface area contributed by atoms with Crippen LogP contribution in [-0.2, 0) is 16.1 Å². The molecular weight excluding hydrogens is 256 g/mol. The third-order valence-corrected chi connectivity index (χ3v) is 3.44. The first-order valence-electron chi connectivity index (χ1n) is 6.79. The molecule has 1 atom stereocenters. The Hall–Kier alpha value is -1.88. The van der Waals surface area contributed by atoms with E-state index >= 15 is 0 Å². The molecule has 0 saturated carbocycles. The van der Waals surface area contributed by atoms with Gasteiger partial charge in [-0.2, -0.15) is 0 Å². The third-order valence-electron chi connectivity index (χ3n) is 3.44. The van der Waals surface area contributed by atoms with E-state index in [-0.39, 0.29) is 17.9 Å². The van der Waals surface area contributed by atoms with E-state index in [2.05, 4.69) is 5.32 Å². The molecule has 1 aromatic carbocycles. The Bertz CT molecular complexity index is 478. The second-order valence-electron chi connectivity index (χ2n) is 4.97. The smallest absolute Gasteiger partial charge is 0.251 e. The van der Waals surface area contributed by atoms with Gasteiger partial charge in [-0.05, 0) is 30.5 Å². The van der Waals surface area contributed by atoms with Crippen molar-refractivity contribution in [3.8, 4) is 0 Å². The first-order valence-corrected chi connectivity index (χ1v) is 6.79. The Morgan fingerprint density at radius 1 is 1.35 bits per heavy atom. The quantitative estimate of drug-likeness (QED) is 0.898. The first kappa shape index (κ1) is 14.5. The van der Waals surface area contributed by atoms with Gasteiger partial charge in [0.1, 0.15) is 6.10 Å². The molecule has 1 aliphatic rings. The predicted molar refractivity (Wildman–Crippen MR) is 75.3 cm³/mol. The van der Waals surface area contributed by atoms with Gasteiger partial charge in [0.15, 0.2) is 0 Å². The van der Waals surface area contributed by atoms with Crippen LogP contribution in [0.25, 0.3) is 0 Å². The van der Waals surface area contributed by atoms with E-state index in [1.54, 1.807) is 31.1 Å². The SMILES string of the molecule is CNC(=O)c1ccc(CN(C)C(=O)[C@H]2CCCO2)cc1. The zero-order valence-electron chi connectivity index (χ0n) is 11.9. The molecule has 5 nitrogen and oxygen atoms in total. The van der Waals surface area contributed by atoms with E-state index in [1.165, 1.54) is 0 Å². The van der Waals surface area contributed by atoms with Gasteiger partial charge in [0.25, 0.3) is 11.8 Å². The van der Waals surface area contributed by atoms with E-state index in [9.17, 15) is 9.59 Å². The standard InChI is InChI=1S/C15H20N2O3/c1-16-14(18)12-7-5-11(6-8-12)10-17(2)15(19)13-4-3-9-20-13/h5-8,13H,3-4,9-10H2,1-2H3,(H,16,18)/t13-/m1/s1. The Balaban J connectivity index is 1.95. The van der Waals surface area contributed by atoms with Crippen molar-refractivity contribution in [1.29, 1.82) is 0 Å². The average Bonchev–Trinajstić information content (AvgIpc) is 3.00. The van der Waals surface area contributed by atoms with E-state index in [0.717, 1.165) is 18.4 Å². The van der Waals surface area contributed by atoms with Gasteiger partial charge in [-0.1, -0.05) is 12.1 Å². The lowest BCUT2D eigenvalue weighted by Gasteiger charge is -2.20. The van der Waals surface area contributed by atoms with E-state index in [4.69, 9.17) is 4.74 Å². The number of rotatable bonds is 4. The summed E-state index contributed by atoms with van der Waals surface area (Å²) in [5, 5.41) is 2.58. The van der Waals surface area contributed by atoms with E-state index in [0.29, 0.717) is 18.7 Å². The van der Waals surface area contributed by atoms with Crippen LogP contribution < -0.4 is 5.32 Å². The molecular formula is C15H20N2O3. The monoisotopic (exact) mass is 276 g/mol. The molecule has 1 aromatic rings. The van der Waals surface area contributed by atoms with Crippen molar-refractivity contribution in [1.82, 2.24) is 10.2 Å². The highest BCUT2D eigenvalue weighted by Crippen LogP contribution is 2.15. The molecule has 0 bridgehead atoms.